The maximum Gasteiger partial charge on any atom is 0.161 e. The summed E-state index contributed by atoms with van der Waals surface area (Å²) in [7, 11) is 0. The highest BCUT2D eigenvalue weighted by Crippen LogP contribution is 2.43. The number of hydrogen-bond donors (Lipinski definition) is 0. The van der Waals surface area contributed by atoms with E-state index in [9.17, 15) is 0 Å². The highest BCUT2D eigenvalue weighted by atomic mass is 16.7. The first-order chi connectivity index (χ1) is 13.8. The number of hydrogen-bond acceptors (Lipinski definition) is 4. The molecule has 4 rings (SSSR count). The zero-order valence-corrected chi connectivity index (χ0v) is 19.1. The molecule has 0 aromatic carbocycles. The normalized spacial score (nSPS) is 48.9. The van der Waals surface area contributed by atoms with E-state index in [1.165, 1.54) is 11.1 Å². The zero-order valence-electron chi connectivity index (χ0n) is 19.1. The largest absolute Gasteiger partial charge is 0.351 e. The lowest BCUT2D eigenvalue weighted by Crippen LogP contribution is -2.56. The molecule has 1 spiro atoms. The van der Waals surface area contributed by atoms with E-state index in [0.29, 0.717) is 61.9 Å². The summed E-state index contributed by atoms with van der Waals surface area (Å²) >= 11 is 0. The third kappa shape index (κ3) is 4.37. The Bertz CT molecular complexity index is 578. The van der Waals surface area contributed by atoms with Crippen LogP contribution >= 0.6 is 0 Å². The van der Waals surface area contributed by atoms with E-state index in [2.05, 4.69) is 53.7 Å². The van der Waals surface area contributed by atoms with Gasteiger partial charge in [-0.1, -0.05) is 51.0 Å². The average Bonchev–Trinajstić information content (AvgIpc) is 2.63. The summed E-state index contributed by atoms with van der Waals surface area (Å²) in [6.07, 6.45) is 6.84. The minimum Gasteiger partial charge on any atom is -0.351 e. The van der Waals surface area contributed by atoms with Crippen LogP contribution in [0.15, 0.2) is 23.3 Å². The second-order valence-corrected chi connectivity index (χ2v) is 10.7. The van der Waals surface area contributed by atoms with Gasteiger partial charge in [-0.05, 0) is 50.4 Å². The van der Waals surface area contributed by atoms with E-state index in [0.717, 1.165) is 12.8 Å². The van der Waals surface area contributed by atoms with E-state index >= 15 is 0 Å². The van der Waals surface area contributed by atoms with E-state index in [4.69, 9.17) is 18.9 Å². The fraction of sp³-hybridized carbons (Fsp3) is 0.840. The molecule has 0 aromatic heterocycles. The Morgan fingerprint density at radius 2 is 1.00 bits per heavy atom. The lowest BCUT2D eigenvalue weighted by molar-refractivity contribution is -0.327. The molecule has 0 bridgehead atoms. The predicted molar refractivity (Wildman–Crippen MR) is 114 cm³/mol. The molecular formula is C25H40O4. The van der Waals surface area contributed by atoms with E-state index < -0.39 is 0 Å². The van der Waals surface area contributed by atoms with Crippen LogP contribution in [0.1, 0.15) is 54.4 Å². The Hall–Kier alpha value is -0.680. The Kier molecular flexibility index (Phi) is 6.28. The first kappa shape index (κ1) is 21.5. The van der Waals surface area contributed by atoms with Gasteiger partial charge >= 0.3 is 0 Å². The summed E-state index contributed by atoms with van der Waals surface area (Å²) in [6, 6.07) is 0. The molecule has 0 saturated carbocycles. The van der Waals surface area contributed by atoms with Gasteiger partial charge in [0.1, 0.15) is 0 Å². The molecule has 2 heterocycles. The van der Waals surface area contributed by atoms with E-state index in [1.54, 1.807) is 0 Å². The molecule has 29 heavy (non-hydrogen) atoms. The Morgan fingerprint density at radius 3 is 1.31 bits per heavy atom. The van der Waals surface area contributed by atoms with Gasteiger partial charge in [0.25, 0.3) is 0 Å². The van der Waals surface area contributed by atoms with Gasteiger partial charge in [-0.3, -0.25) is 0 Å². The van der Waals surface area contributed by atoms with Crippen LogP contribution in [0.25, 0.3) is 0 Å². The Morgan fingerprint density at radius 1 is 0.655 bits per heavy atom. The first-order valence-corrected chi connectivity index (χ1v) is 11.6. The quantitative estimate of drug-likeness (QED) is 0.593. The van der Waals surface area contributed by atoms with Gasteiger partial charge in [-0.15, -0.1) is 0 Å². The number of ether oxygens (including phenoxy) is 4. The fourth-order valence-corrected chi connectivity index (χ4v) is 6.44. The van der Waals surface area contributed by atoms with Crippen molar-refractivity contribution in [2.24, 2.45) is 40.9 Å². The zero-order chi connectivity index (χ0) is 20.8. The molecular weight excluding hydrogens is 364 g/mol. The van der Waals surface area contributed by atoms with Crippen LogP contribution in [0.2, 0.25) is 0 Å². The van der Waals surface area contributed by atoms with Crippen molar-refractivity contribution in [2.75, 3.05) is 26.4 Å². The minimum absolute atomic E-state index is 0.112. The van der Waals surface area contributed by atoms with Crippen LogP contribution < -0.4 is 0 Å². The number of rotatable bonds is 2. The van der Waals surface area contributed by atoms with Crippen molar-refractivity contribution >= 4 is 0 Å². The second kappa shape index (κ2) is 8.45. The van der Waals surface area contributed by atoms with Gasteiger partial charge in [-0.2, -0.15) is 0 Å². The van der Waals surface area contributed by atoms with Crippen LogP contribution in [-0.2, 0) is 18.9 Å². The standard InChI is InChI=1S/C25H40O4/c1-15-7-17(3)21(18(4)8-15)23-26-11-25(12-27-23)13-28-24(29-14-25)22-19(5)9-16(2)10-20(22)6/h7,9,17-24H,8,10-14H2,1-6H3/t17-,18+,19+,20-,21-,22-,23?,24?,25?/m0/s1. The van der Waals surface area contributed by atoms with Crippen LogP contribution in [0.5, 0.6) is 0 Å². The van der Waals surface area contributed by atoms with Crippen molar-refractivity contribution in [2.45, 2.75) is 67.0 Å². The highest BCUT2D eigenvalue weighted by molar-refractivity contribution is 5.10. The van der Waals surface area contributed by atoms with Crippen LogP contribution in [0.3, 0.4) is 0 Å². The van der Waals surface area contributed by atoms with E-state index in [-0.39, 0.29) is 18.0 Å². The molecule has 4 heteroatoms. The van der Waals surface area contributed by atoms with Crippen molar-refractivity contribution in [3.05, 3.63) is 23.3 Å². The molecule has 0 radical (unpaired) electrons. The molecule has 2 saturated heterocycles. The van der Waals surface area contributed by atoms with Crippen molar-refractivity contribution in [3.8, 4) is 0 Å². The summed E-state index contributed by atoms with van der Waals surface area (Å²) in [5.74, 6) is 3.01. The summed E-state index contributed by atoms with van der Waals surface area (Å²) < 4.78 is 25.2. The molecule has 2 fully saturated rings. The lowest BCUT2D eigenvalue weighted by Gasteiger charge is -2.49. The molecule has 0 aromatic rings. The Labute approximate surface area is 177 Å². The summed E-state index contributed by atoms with van der Waals surface area (Å²) in [4.78, 5) is 0. The lowest BCUT2D eigenvalue weighted by atomic mass is 9.74. The molecule has 4 aliphatic rings. The predicted octanol–water partition coefficient (Wildman–Crippen LogP) is 5.20. The average molecular weight is 405 g/mol. The highest BCUT2D eigenvalue weighted by Gasteiger charge is 2.47. The second-order valence-electron chi connectivity index (χ2n) is 10.7. The van der Waals surface area contributed by atoms with E-state index in [1.807, 2.05) is 0 Å². The molecule has 2 aliphatic heterocycles. The maximum atomic E-state index is 6.30. The molecule has 6 atom stereocenters. The molecule has 4 nitrogen and oxygen atoms in total. The third-order valence-electron chi connectivity index (χ3n) is 7.75. The van der Waals surface area contributed by atoms with Gasteiger partial charge < -0.3 is 18.9 Å². The van der Waals surface area contributed by atoms with Crippen LogP contribution in [0, 0.1) is 40.9 Å². The van der Waals surface area contributed by atoms with Gasteiger partial charge in [0, 0.05) is 11.8 Å². The summed E-state index contributed by atoms with van der Waals surface area (Å²) in [6.45, 7) is 16.4. The number of allylic oxidation sites excluding steroid dienone is 4. The van der Waals surface area contributed by atoms with Gasteiger partial charge in [0.2, 0.25) is 0 Å². The Balaban J connectivity index is 1.33. The van der Waals surface area contributed by atoms with Crippen LogP contribution in [-0.4, -0.2) is 39.0 Å². The molecule has 164 valence electrons. The van der Waals surface area contributed by atoms with Crippen molar-refractivity contribution in [3.63, 3.8) is 0 Å². The summed E-state index contributed by atoms with van der Waals surface area (Å²) in [5.41, 5.74) is 2.82. The van der Waals surface area contributed by atoms with Crippen molar-refractivity contribution < 1.29 is 18.9 Å². The van der Waals surface area contributed by atoms with Gasteiger partial charge in [0.15, 0.2) is 12.6 Å². The molecule has 2 aliphatic carbocycles. The fourth-order valence-electron chi connectivity index (χ4n) is 6.44. The maximum absolute atomic E-state index is 6.30. The van der Waals surface area contributed by atoms with Crippen LogP contribution in [0.4, 0.5) is 0 Å². The van der Waals surface area contributed by atoms with Crippen molar-refractivity contribution in [1.29, 1.82) is 0 Å². The molecule has 0 unspecified atom stereocenters. The topological polar surface area (TPSA) is 36.9 Å². The SMILES string of the molecule is CC1=C[C@H](C)[C@H](C2OCC3(CO2)COC([C@H]2[C@H](C)C=C(C)C[C@@H]2C)OC3)[C@H](C)C1. The minimum atomic E-state index is -0.160. The summed E-state index contributed by atoms with van der Waals surface area (Å²) in [5, 5.41) is 0. The smallest absolute Gasteiger partial charge is 0.161 e. The van der Waals surface area contributed by atoms with Gasteiger partial charge in [0.05, 0.1) is 31.8 Å². The molecule has 0 N–H and O–H groups in total. The van der Waals surface area contributed by atoms with Crippen molar-refractivity contribution in [1.82, 2.24) is 0 Å². The monoisotopic (exact) mass is 404 g/mol. The third-order valence-corrected chi connectivity index (χ3v) is 7.75. The van der Waals surface area contributed by atoms with Gasteiger partial charge in [-0.25, -0.2) is 0 Å². The molecule has 0 amide bonds. The first-order valence-electron chi connectivity index (χ1n) is 11.6.